The first-order valence-electron chi connectivity index (χ1n) is 9.62. The zero-order valence-corrected chi connectivity index (χ0v) is 16.2. The highest BCUT2D eigenvalue weighted by molar-refractivity contribution is 5.93. The van der Waals surface area contributed by atoms with E-state index in [0.717, 1.165) is 32.4 Å². The van der Waals surface area contributed by atoms with Crippen molar-refractivity contribution in [2.24, 2.45) is 5.92 Å². The summed E-state index contributed by atoms with van der Waals surface area (Å²) in [5.41, 5.74) is 2.48. The predicted molar refractivity (Wildman–Crippen MR) is 102 cm³/mol. The molecule has 8 heteroatoms. The summed E-state index contributed by atoms with van der Waals surface area (Å²) in [5.74, 6) is 1.52. The second-order valence-corrected chi connectivity index (χ2v) is 7.32. The zero-order valence-electron chi connectivity index (χ0n) is 16.2. The first kappa shape index (κ1) is 18.3. The van der Waals surface area contributed by atoms with Crippen molar-refractivity contribution in [3.05, 3.63) is 59.1 Å². The average Bonchev–Trinajstić information content (AvgIpc) is 3.29. The van der Waals surface area contributed by atoms with Crippen molar-refractivity contribution in [3.63, 3.8) is 0 Å². The fraction of sp³-hybridized carbons (Fsp3) is 0.450. The number of hydrogen-bond acceptors (Lipinski definition) is 6. The molecule has 3 aromatic rings. The molecule has 0 aliphatic carbocycles. The standard InChI is InChI=1S/C20H24N6O2/c1-14-19(23-24-26(14)13-18-22-21-15(2)28-18)20(27)25-10-8-17(9-11-25)12-16-6-4-3-5-7-16/h3-7,17H,8-13H2,1-2H3. The van der Waals surface area contributed by atoms with Gasteiger partial charge in [0.2, 0.25) is 11.8 Å². The summed E-state index contributed by atoms with van der Waals surface area (Å²) in [6.45, 7) is 5.41. The van der Waals surface area contributed by atoms with Crippen LogP contribution in [0.25, 0.3) is 0 Å². The van der Waals surface area contributed by atoms with E-state index in [9.17, 15) is 4.79 Å². The van der Waals surface area contributed by atoms with Crippen molar-refractivity contribution in [1.82, 2.24) is 30.1 Å². The molecule has 28 heavy (non-hydrogen) atoms. The number of rotatable bonds is 5. The van der Waals surface area contributed by atoms with Crippen LogP contribution < -0.4 is 0 Å². The van der Waals surface area contributed by atoms with Crippen molar-refractivity contribution >= 4 is 5.91 Å². The lowest BCUT2D eigenvalue weighted by Crippen LogP contribution is -2.39. The number of nitrogens with zero attached hydrogens (tertiary/aromatic N) is 6. The van der Waals surface area contributed by atoms with Gasteiger partial charge in [0.25, 0.3) is 5.91 Å². The van der Waals surface area contributed by atoms with Crippen molar-refractivity contribution < 1.29 is 9.21 Å². The van der Waals surface area contributed by atoms with Crippen LogP contribution in [0.5, 0.6) is 0 Å². The van der Waals surface area contributed by atoms with Gasteiger partial charge >= 0.3 is 0 Å². The van der Waals surface area contributed by atoms with Gasteiger partial charge in [-0.15, -0.1) is 15.3 Å². The molecule has 0 saturated carbocycles. The molecular weight excluding hydrogens is 356 g/mol. The predicted octanol–water partition coefficient (Wildman–Crippen LogP) is 2.42. The van der Waals surface area contributed by atoms with E-state index in [1.165, 1.54) is 5.56 Å². The zero-order chi connectivity index (χ0) is 19.5. The van der Waals surface area contributed by atoms with Crippen LogP contribution in [0, 0.1) is 19.8 Å². The first-order valence-corrected chi connectivity index (χ1v) is 9.62. The molecule has 146 valence electrons. The van der Waals surface area contributed by atoms with Gasteiger partial charge in [-0.2, -0.15) is 0 Å². The Morgan fingerprint density at radius 3 is 2.54 bits per heavy atom. The molecule has 1 saturated heterocycles. The average molecular weight is 380 g/mol. The Morgan fingerprint density at radius 1 is 1.11 bits per heavy atom. The number of aryl methyl sites for hydroxylation is 1. The molecule has 0 N–H and O–H groups in total. The fourth-order valence-electron chi connectivity index (χ4n) is 3.68. The van der Waals surface area contributed by atoms with Crippen LogP contribution >= 0.6 is 0 Å². The second kappa shape index (κ2) is 7.92. The maximum Gasteiger partial charge on any atom is 0.276 e. The molecule has 1 fully saturated rings. The Kier molecular flexibility index (Phi) is 5.18. The van der Waals surface area contributed by atoms with Gasteiger partial charge in [0.15, 0.2) is 5.69 Å². The molecule has 0 spiro atoms. The molecule has 2 aromatic heterocycles. The van der Waals surface area contributed by atoms with E-state index in [4.69, 9.17) is 4.42 Å². The number of hydrogen-bond donors (Lipinski definition) is 0. The van der Waals surface area contributed by atoms with E-state index in [1.807, 2.05) is 17.9 Å². The van der Waals surface area contributed by atoms with Crippen molar-refractivity contribution in [2.75, 3.05) is 13.1 Å². The number of carbonyl (C=O) groups excluding carboxylic acids is 1. The number of amides is 1. The Bertz CT molecular complexity index is 941. The summed E-state index contributed by atoms with van der Waals surface area (Å²) < 4.78 is 7.01. The second-order valence-electron chi connectivity index (χ2n) is 7.32. The van der Waals surface area contributed by atoms with Gasteiger partial charge in [0.05, 0.1) is 5.69 Å². The molecule has 8 nitrogen and oxygen atoms in total. The van der Waals surface area contributed by atoms with Crippen LogP contribution in [0.1, 0.15) is 46.4 Å². The van der Waals surface area contributed by atoms with E-state index in [1.54, 1.807) is 11.6 Å². The van der Waals surface area contributed by atoms with Crippen LogP contribution in [-0.2, 0) is 13.0 Å². The highest BCUT2D eigenvalue weighted by atomic mass is 16.4. The van der Waals surface area contributed by atoms with Crippen LogP contribution in [0.2, 0.25) is 0 Å². The lowest BCUT2D eigenvalue weighted by molar-refractivity contribution is 0.0683. The van der Waals surface area contributed by atoms with Crippen LogP contribution in [-0.4, -0.2) is 49.1 Å². The van der Waals surface area contributed by atoms with Gasteiger partial charge in [0.1, 0.15) is 6.54 Å². The van der Waals surface area contributed by atoms with Crippen molar-refractivity contribution in [1.29, 1.82) is 0 Å². The monoisotopic (exact) mass is 380 g/mol. The maximum absolute atomic E-state index is 12.9. The Morgan fingerprint density at radius 2 is 1.86 bits per heavy atom. The Labute approximate surface area is 163 Å². The lowest BCUT2D eigenvalue weighted by atomic mass is 9.90. The van der Waals surface area contributed by atoms with Crippen molar-refractivity contribution in [3.8, 4) is 0 Å². The smallest absolute Gasteiger partial charge is 0.276 e. The van der Waals surface area contributed by atoms with Gasteiger partial charge in [-0.25, -0.2) is 4.68 Å². The Hall–Kier alpha value is -3.03. The van der Waals surface area contributed by atoms with Gasteiger partial charge in [-0.05, 0) is 37.7 Å². The Balaban J connectivity index is 1.36. The van der Waals surface area contributed by atoms with Gasteiger partial charge in [-0.3, -0.25) is 4.79 Å². The largest absolute Gasteiger partial charge is 0.424 e. The normalized spacial score (nSPS) is 15.1. The topological polar surface area (TPSA) is 89.9 Å². The molecule has 1 aliphatic heterocycles. The quantitative estimate of drug-likeness (QED) is 0.675. The van der Waals surface area contributed by atoms with Crippen LogP contribution in [0.3, 0.4) is 0 Å². The molecule has 1 aliphatic rings. The highest BCUT2D eigenvalue weighted by Crippen LogP contribution is 2.23. The third-order valence-electron chi connectivity index (χ3n) is 5.31. The van der Waals surface area contributed by atoms with E-state index in [0.29, 0.717) is 35.6 Å². The number of benzene rings is 1. The number of aromatic nitrogens is 5. The number of carbonyl (C=O) groups is 1. The molecule has 3 heterocycles. The lowest BCUT2D eigenvalue weighted by Gasteiger charge is -2.31. The summed E-state index contributed by atoms with van der Waals surface area (Å²) in [4.78, 5) is 14.8. The number of piperidine rings is 1. The summed E-state index contributed by atoms with van der Waals surface area (Å²) in [7, 11) is 0. The molecule has 0 unspecified atom stereocenters. The van der Waals surface area contributed by atoms with E-state index in [-0.39, 0.29) is 5.91 Å². The molecule has 0 bridgehead atoms. The molecule has 1 aromatic carbocycles. The minimum absolute atomic E-state index is 0.0522. The van der Waals surface area contributed by atoms with Crippen LogP contribution in [0.15, 0.2) is 34.7 Å². The summed E-state index contributed by atoms with van der Waals surface area (Å²) in [6, 6.07) is 10.5. The minimum Gasteiger partial charge on any atom is -0.424 e. The third-order valence-corrected chi connectivity index (χ3v) is 5.31. The van der Waals surface area contributed by atoms with Gasteiger partial charge < -0.3 is 9.32 Å². The van der Waals surface area contributed by atoms with E-state index in [2.05, 4.69) is 44.8 Å². The van der Waals surface area contributed by atoms with Crippen LogP contribution in [0.4, 0.5) is 0 Å². The SMILES string of the molecule is Cc1nnc(Cn2nnc(C(=O)N3CCC(Cc4ccccc4)CC3)c2C)o1. The van der Waals surface area contributed by atoms with E-state index >= 15 is 0 Å². The molecule has 1 amide bonds. The van der Waals surface area contributed by atoms with E-state index < -0.39 is 0 Å². The molecule has 4 rings (SSSR count). The molecule has 0 radical (unpaired) electrons. The highest BCUT2D eigenvalue weighted by Gasteiger charge is 2.27. The summed E-state index contributed by atoms with van der Waals surface area (Å²) in [5, 5.41) is 16.0. The molecule has 0 atom stereocenters. The minimum atomic E-state index is -0.0522. The summed E-state index contributed by atoms with van der Waals surface area (Å²) in [6.07, 6.45) is 3.09. The van der Waals surface area contributed by atoms with Gasteiger partial charge in [0, 0.05) is 20.0 Å². The van der Waals surface area contributed by atoms with Crippen molar-refractivity contribution in [2.45, 2.75) is 39.7 Å². The number of likely N-dealkylation sites (tertiary alicyclic amines) is 1. The first-order chi connectivity index (χ1) is 13.6. The fourth-order valence-corrected chi connectivity index (χ4v) is 3.68. The van der Waals surface area contributed by atoms with Gasteiger partial charge in [-0.1, -0.05) is 35.5 Å². The maximum atomic E-state index is 12.9. The molecular formula is C20H24N6O2. The third kappa shape index (κ3) is 3.95. The summed E-state index contributed by atoms with van der Waals surface area (Å²) >= 11 is 0.